The van der Waals surface area contributed by atoms with E-state index < -0.39 is 17.4 Å². The highest BCUT2D eigenvalue weighted by Gasteiger charge is 2.46. The molecule has 2 unspecified atom stereocenters. The van der Waals surface area contributed by atoms with Crippen LogP contribution in [0, 0.1) is 13.8 Å². The molecular formula is C41H42O6. The van der Waals surface area contributed by atoms with Crippen LogP contribution < -0.4 is 9.47 Å². The van der Waals surface area contributed by atoms with Crippen molar-refractivity contribution in [1.29, 1.82) is 0 Å². The molecule has 0 saturated carbocycles. The van der Waals surface area contributed by atoms with Crippen molar-refractivity contribution in [1.82, 2.24) is 0 Å². The fourth-order valence-electron chi connectivity index (χ4n) is 6.39. The van der Waals surface area contributed by atoms with E-state index in [0.717, 1.165) is 33.8 Å². The molecule has 5 rings (SSSR count). The average molecular weight is 631 g/mol. The summed E-state index contributed by atoms with van der Waals surface area (Å²) in [6.45, 7) is 15.6. The second-order valence-corrected chi connectivity index (χ2v) is 12.0. The van der Waals surface area contributed by atoms with Gasteiger partial charge in [0.2, 0.25) is 0 Å². The maximum Gasteiger partial charge on any atom is 0.330 e. The molecule has 0 heterocycles. The maximum atomic E-state index is 11.5. The van der Waals surface area contributed by atoms with Crippen molar-refractivity contribution in [3.63, 3.8) is 0 Å². The van der Waals surface area contributed by atoms with E-state index in [1.807, 2.05) is 26.0 Å². The van der Waals surface area contributed by atoms with Crippen molar-refractivity contribution in [2.45, 2.75) is 58.2 Å². The second kappa shape index (κ2) is 14.5. The number of ether oxygens (including phenoxy) is 4. The first-order chi connectivity index (χ1) is 22.7. The highest BCUT2D eigenvalue weighted by atomic mass is 16.5. The average Bonchev–Trinajstić information content (AvgIpc) is 3.37. The van der Waals surface area contributed by atoms with E-state index in [2.05, 4.69) is 99.8 Å². The molecule has 0 N–H and O–H groups in total. The third kappa shape index (κ3) is 6.87. The van der Waals surface area contributed by atoms with Crippen LogP contribution in [0.25, 0.3) is 11.1 Å². The summed E-state index contributed by atoms with van der Waals surface area (Å²) >= 11 is 0. The molecule has 242 valence electrons. The molecule has 0 aliphatic heterocycles. The topological polar surface area (TPSA) is 71.1 Å². The SMILES string of the molecule is C=CC(=O)OC(C)CCOc1ccc(C2(c3ccc(OCCC(C)OC(=O)C=C)c(C)c3)c3ccccc3-c3ccccc32)cc1C. The fraction of sp³-hybridized carbons (Fsp3) is 0.268. The Morgan fingerprint density at radius 3 is 1.45 bits per heavy atom. The molecule has 0 fully saturated rings. The zero-order chi connectivity index (χ0) is 33.6. The molecule has 0 bridgehead atoms. The van der Waals surface area contributed by atoms with Crippen molar-refractivity contribution in [2.75, 3.05) is 13.2 Å². The Hall–Kier alpha value is -5.10. The van der Waals surface area contributed by atoms with Gasteiger partial charge in [0.25, 0.3) is 0 Å². The Morgan fingerprint density at radius 2 is 1.06 bits per heavy atom. The van der Waals surface area contributed by atoms with Crippen LogP contribution in [-0.4, -0.2) is 37.4 Å². The number of carbonyl (C=O) groups excluding carboxylic acids is 2. The van der Waals surface area contributed by atoms with E-state index in [0.29, 0.717) is 26.1 Å². The smallest absolute Gasteiger partial charge is 0.330 e. The zero-order valence-corrected chi connectivity index (χ0v) is 27.6. The molecule has 0 saturated heterocycles. The number of carbonyl (C=O) groups is 2. The molecule has 6 heteroatoms. The van der Waals surface area contributed by atoms with Gasteiger partial charge in [-0.25, -0.2) is 9.59 Å². The van der Waals surface area contributed by atoms with Gasteiger partial charge in [0.1, 0.15) is 23.7 Å². The molecule has 1 aliphatic carbocycles. The third-order valence-electron chi connectivity index (χ3n) is 8.70. The fourth-order valence-corrected chi connectivity index (χ4v) is 6.39. The van der Waals surface area contributed by atoms with Gasteiger partial charge in [0.05, 0.1) is 18.6 Å². The quantitative estimate of drug-likeness (QED) is 0.0906. The van der Waals surface area contributed by atoms with Crippen molar-refractivity contribution < 1.29 is 28.5 Å². The molecule has 0 aromatic heterocycles. The molecule has 0 radical (unpaired) electrons. The molecule has 1 aliphatic rings. The molecule has 6 nitrogen and oxygen atoms in total. The number of fused-ring (bicyclic) bond motifs is 3. The Labute approximate surface area is 277 Å². The Morgan fingerprint density at radius 1 is 0.660 bits per heavy atom. The van der Waals surface area contributed by atoms with Gasteiger partial charge in [-0.3, -0.25) is 0 Å². The van der Waals surface area contributed by atoms with Crippen LogP contribution in [0.15, 0.2) is 110 Å². The lowest BCUT2D eigenvalue weighted by molar-refractivity contribution is -0.143. The monoisotopic (exact) mass is 630 g/mol. The third-order valence-corrected chi connectivity index (χ3v) is 8.70. The number of aryl methyl sites for hydroxylation is 2. The summed E-state index contributed by atoms with van der Waals surface area (Å²) in [6, 6.07) is 30.1. The van der Waals surface area contributed by atoms with Crippen LogP contribution in [0.2, 0.25) is 0 Å². The largest absolute Gasteiger partial charge is 0.493 e. The number of hydrogen-bond donors (Lipinski definition) is 0. The minimum Gasteiger partial charge on any atom is -0.493 e. The van der Waals surface area contributed by atoms with Gasteiger partial charge in [-0.2, -0.15) is 0 Å². The summed E-state index contributed by atoms with van der Waals surface area (Å²) in [5, 5.41) is 0. The summed E-state index contributed by atoms with van der Waals surface area (Å²) in [6.07, 6.45) is 2.93. The van der Waals surface area contributed by atoms with Crippen LogP contribution in [0.5, 0.6) is 11.5 Å². The highest BCUT2D eigenvalue weighted by molar-refractivity contribution is 5.86. The number of rotatable bonds is 14. The lowest BCUT2D eigenvalue weighted by Crippen LogP contribution is -2.29. The molecule has 4 aromatic carbocycles. The lowest BCUT2D eigenvalue weighted by atomic mass is 9.67. The van der Waals surface area contributed by atoms with Crippen LogP contribution in [0.3, 0.4) is 0 Å². The van der Waals surface area contributed by atoms with E-state index in [1.165, 1.54) is 34.4 Å². The van der Waals surface area contributed by atoms with Gasteiger partial charge in [-0.05, 0) is 84.3 Å². The Kier molecular flexibility index (Phi) is 10.3. The summed E-state index contributed by atoms with van der Waals surface area (Å²) in [5.41, 5.74) is 8.61. The summed E-state index contributed by atoms with van der Waals surface area (Å²) < 4.78 is 22.9. The van der Waals surface area contributed by atoms with E-state index in [1.54, 1.807) is 0 Å². The van der Waals surface area contributed by atoms with Gasteiger partial charge >= 0.3 is 11.9 Å². The van der Waals surface area contributed by atoms with Gasteiger partial charge in [0, 0.05) is 25.0 Å². The van der Waals surface area contributed by atoms with Crippen LogP contribution in [-0.2, 0) is 24.5 Å². The van der Waals surface area contributed by atoms with Crippen LogP contribution in [0.1, 0.15) is 60.1 Å². The first kappa shape index (κ1) is 33.3. The number of benzene rings is 4. The van der Waals surface area contributed by atoms with E-state index in [-0.39, 0.29) is 12.2 Å². The molecule has 2 atom stereocenters. The van der Waals surface area contributed by atoms with E-state index in [4.69, 9.17) is 18.9 Å². The van der Waals surface area contributed by atoms with E-state index in [9.17, 15) is 9.59 Å². The first-order valence-corrected chi connectivity index (χ1v) is 16.0. The van der Waals surface area contributed by atoms with Gasteiger partial charge in [0.15, 0.2) is 0 Å². The van der Waals surface area contributed by atoms with E-state index >= 15 is 0 Å². The predicted molar refractivity (Wildman–Crippen MR) is 185 cm³/mol. The molecule has 47 heavy (non-hydrogen) atoms. The Balaban J connectivity index is 1.49. The molecule has 0 amide bonds. The Bertz CT molecular complexity index is 1660. The normalized spacial score (nSPS) is 13.8. The first-order valence-electron chi connectivity index (χ1n) is 16.0. The predicted octanol–water partition coefficient (Wildman–Crippen LogP) is 8.44. The summed E-state index contributed by atoms with van der Waals surface area (Å²) in [5.74, 6) is 0.713. The van der Waals surface area contributed by atoms with Gasteiger partial charge in [-0.15, -0.1) is 0 Å². The maximum absolute atomic E-state index is 11.5. The van der Waals surface area contributed by atoms with Gasteiger partial charge in [-0.1, -0.05) is 86.0 Å². The minimum atomic E-state index is -0.569. The summed E-state index contributed by atoms with van der Waals surface area (Å²) in [4.78, 5) is 23.1. The van der Waals surface area contributed by atoms with Crippen LogP contribution >= 0.6 is 0 Å². The second-order valence-electron chi connectivity index (χ2n) is 12.0. The zero-order valence-electron chi connectivity index (χ0n) is 27.6. The minimum absolute atomic E-state index is 0.275. The molecule has 4 aromatic rings. The van der Waals surface area contributed by atoms with Crippen LogP contribution in [0.4, 0.5) is 0 Å². The molecular weight excluding hydrogens is 588 g/mol. The lowest BCUT2D eigenvalue weighted by Gasteiger charge is -2.34. The van der Waals surface area contributed by atoms with Crippen molar-refractivity contribution in [3.8, 4) is 22.6 Å². The van der Waals surface area contributed by atoms with Crippen molar-refractivity contribution in [3.05, 3.63) is 144 Å². The highest BCUT2D eigenvalue weighted by Crippen LogP contribution is 2.56. The van der Waals surface area contributed by atoms with Gasteiger partial charge < -0.3 is 18.9 Å². The number of esters is 2. The van der Waals surface area contributed by atoms with Crippen molar-refractivity contribution >= 4 is 11.9 Å². The number of hydrogen-bond acceptors (Lipinski definition) is 6. The summed E-state index contributed by atoms with van der Waals surface area (Å²) in [7, 11) is 0. The molecule has 0 spiro atoms. The standard InChI is InChI=1S/C41H42O6/c1-7-39(42)46-29(5)21-23-44-37-19-17-31(25-27(37)3)41(35-15-11-9-13-33(35)34-14-10-12-16-36(34)41)32-18-20-38(28(4)26-32)45-24-22-30(6)47-40(43)8-2/h7-20,25-26,29-30H,1-2,21-24H2,3-6H3. The van der Waals surface area contributed by atoms with Crippen molar-refractivity contribution in [2.24, 2.45) is 0 Å².